The molecule has 2 amide bonds. The maximum absolute atomic E-state index is 12.3. The van der Waals surface area contributed by atoms with Crippen LogP contribution in [0.4, 0.5) is 5.13 Å². The minimum absolute atomic E-state index is 0.104. The van der Waals surface area contributed by atoms with Gasteiger partial charge in [0.2, 0.25) is 18.6 Å². The molecule has 136 valence electrons. The fourth-order valence-corrected chi connectivity index (χ4v) is 3.94. The summed E-state index contributed by atoms with van der Waals surface area (Å²) in [5.41, 5.74) is 1.63. The smallest absolute Gasteiger partial charge is 0.231 e. The lowest BCUT2D eigenvalue weighted by atomic mass is 10.1. The Balaban J connectivity index is 1.36. The highest BCUT2D eigenvalue weighted by molar-refractivity contribution is 7.14. The van der Waals surface area contributed by atoms with Crippen LogP contribution < -0.4 is 19.7 Å². The Kier molecular flexibility index (Phi) is 4.50. The van der Waals surface area contributed by atoms with Gasteiger partial charge in [-0.15, -0.1) is 11.3 Å². The van der Waals surface area contributed by atoms with Gasteiger partial charge in [-0.05, 0) is 31.0 Å². The highest BCUT2D eigenvalue weighted by Crippen LogP contribution is 2.34. The van der Waals surface area contributed by atoms with E-state index < -0.39 is 0 Å². The Morgan fingerprint density at radius 3 is 3.04 bits per heavy atom. The summed E-state index contributed by atoms with van der Waals surface area (Å²) in [5, 5.41) is 5.49. The summed E-state index contributed by atoms with van der Waals surface area (Å²) in [7, 11) is 0. The van der Waals surface area contributed by atoms with Crippen LogP contribution in [-0.2, 0) is 16.0 Å². The van der Waals surface area contributed by atoms with Crippen LogP contribution >= 0.6 is 11.3 Å². The van der Waals surface area contributed by atoms with Gasteiger partial charge < -0.3 is 14.8 Å². The third-order valence-electron chi connectivity index (χ3n) is 4.46. The SMILES string of the molecule is C[C@@H](NC(=O)Cc1csc(N2CCCC2=O)n1)c1ccc2c(c1)OCO2. The summed E-state index contributed by atoms with van der Waals surface area (Å²) in [6.07, 6.45) is 1.62. The molecule has 0 aliphatic carbocycles. The minimum Gasteiger partial charge on any atom is -0.454 e. The number of hydrogen-bond acceptors (Lipinski definition) is 6. The van der Waals surface area contributed by atoms with Crippen LogP contribution in [0.2, 0.25) is 0 Å². The number of carbonyl (C=O) groups excluding carboxylic acids is 2. The molecule has 1 saturated heterocycles. The van der Waals surface area contributed by atoms with E-state index >= 15 is 0 Å². The number of thiazole rings is 1. The second-order valence-corrected chi connectivity index (χ2v) is 7.19. The van der Waals surface area contributed by atoms with Crippen LogP contribution in [0.1, 0.15) is 37.1 Å². The number of hydrogen-bond donors (Lipinski definition) is 1. The van der Waals surface area contributed by atoms with Crippen molar-refractivity contribution in [3.05, 3.63) is 34.8 Å². The van der Waals surface area contributed by atoms with Crippen LogP contribution in [-0.4, -0.2) is 30.1 Å². The third kappa shape index (κ3) is 3.37. The molecule has 7 nitrogen and oxygen atoms in total. The first-order valence-corrected chi connectivity index (χ1v) is 9.42. The van der Waals surface area contributed by atoms with Gasteiger partial charge in [-0.3, -0.25) is 14.5 Å². The molecule has 2 aliphatic heterocycles. The normalized spacial score (nSPS) is 16.8. The molecule has 1 aromatic heterocycles. The number of aromatic nitrogens is 1. The van der Waals surface area contributed by atoms with Crippen LogP contribution in [0.25, 0.3) is 0 Å². The molecule has 0 radical (unpaired) electrons. The van der Waals surface area contributed by atoms with Gasteiger partial charge in [0.15, 0.2) is 16.6 Å². The summed E-state index contributed by atoms with van der Waals surface area (Å²) in [6.45, 7) is 2.86. The largest absolute Gasteiger partial charge is 0.454 e. The molecule has 0 spiro atoms. The van der Waals surface area contributed by atoms with Gasteiger partial charge in [0.25, 0.3) is 0 Å². The van der Waals surface area contributed by atoms with Crippen LogP contribution in [0.3, 0.4) is 0 Å². The van der Waals surface area contributed by atoms with Crippen molar-refractivity contribution in [2.45, 2.75) is 32.2 Å². The van der Waals surface area contributed by atoms with E-state index in [9.17, 15) is 9.59 Å². The molecule has 1 fully saturated rings. The molecule has 8 heteroatoms. The molecule has 0 bridgehead atoms. The zero-order valence-electron chi connectivity index (χ0n) is 14.4. The average Bonchev–Trinajstić information content (AvgIpc) is 3.34. The van der Waals surface area contributed by atoms with E-state index in [0.29, 0.717) is 29.5 Å². The number of ether oxygens (including phenoxy) is 2. The van der Waals surface area contributed by atoms with Crippen molar-refractivity contribution in [2.75, 3.05) is 18.2 Å². The fraction of sp³-hybridized carbons (Fsp3) is 0.389. The molecule has 26 heavy (non-hydrogen) atoms. The van der Waals surface area contributed by atoms with Gasteiger partial charge in [-0.2, -0.15) is 0 Å². The van der Waals surface area contributed by atoms with E-state index in [1.165, 1.54) is 11.3 Å². The zero-order chi connectivity index (χ0) is 18.1. The van der Waals surface area contributed by atoms with Gasteiger partial charge in [0.05, 0.1) is 18.2 Å². The second-order valence-electron chi connectivity index (χ2n) is 6.35. The second kappa shape index (κ2) is 6.95. The molecule has 1 N–H and O–H groups in total. The fourth-order valence-electron chi connectivity index (χ4n) is 3.07. The monoisotopic (exact) mass is 373 g/mol. The number of benzene rings is 1. The number of fused-ring (bicyclic) bond motifs is 1. The first-order chi connectivity index (χ1) is 12.6. The number of carbonyl (C=O) groups is 2. The Morgan fingerprint density at radius 2 is 2.23 bits per heavy atom. The summed E-state index contributed by atoms with van der Waals surface area (Å²) in [6, 6.07) is 5.49. The summed E-state index contributed by atoms with van der Waals surface area (Å²) < 4.78 is 10.7. The van der Waals surface area contributed by atoms with E-state index in [2.05, 4.69) is 10.3 Å². The van der Waals surface area contributed by atoms with E-state index in [1.807, 2.05) is 30.5 Å². The number of anilines is 1. The number of amides is 2. The topological polar surface area (TPSA) is 80.8 Å². The first kappa shape index (κ1) is 16.8. The van der Waals surface area contributed by atoms with Gasteiger partial charge >= 0.3 is 0 Å². The van der Waals surface area contributed by atoms with Gasteiger partial charge in [0.1, 0.15) is 0 Å². The summed E-state index contributed by atoms with van der Waals surface area (Å²) in [5.74, 6) is 1.41. The van der Waals surface area contributed by atoms with Crippen LogP contribution in [0.15, 0.2) is 23.6 Å². The predicted octanol–water partition coefficient (Wildman–Crippen LogP) is 2.42. The standard InChI is InChI=1S/C18H19N3O4S/c1-11(12-4-5-14-15(7-12)25-10-24-14)19-16(22)8-13-9-26-18(20-13)21-6-2-3-17(21)23/h4-5,7,9,11H,2-3,6,8,10H2,1H3,(H,19,22)/t11-/m1/s1. The number of nitrogens with one attached hydrogen (secondary N) is 1. The molecule has 4 rings (SSSR count). The molecular weight excluding hydrogens is 354 g/mol. The Hall–Kier alpha value is -2.61. The zero-order valence-corrected chi connectivity index (χ0v) is 15.2. The molecule has 2 aliphatic rings. The molecule has 1 aromatic carbocycles. The molecule has 0 saturated carbocycles. The quantitative estimate of drug-likeness (QED) is 0.871. The van der Waals surface area contributed by atoms with Crippen molar-refractivity contribution in [1.29, 1.82) is 0 Å². The Bertz CT molecular complexity index is 851. The maximum Gasteiger partial charge on any atom is 0.231 e. The maximum atomic E-state index is 12.3. The van der Waals surface area contributed by atoms with Gasteiger partial charge in [-0.25, -0.2) is 4.98 Å². The molecule has 2 aromatic rings. The first-order valence-electron chi connectivity index (χ1n) is 8.54. The van der Waals surface area contributed by atoms with Crippen molar-refractivity contribution in [2.24, 2.45) is 0 Å². The number of nitrogens with zero attached hydrogens (tertiary/aromatic N) is 2. The third-order valence-corrected chi connectivity index (χ3v) is 5.37. The van der Waals surface area contributed by atoms with Crippen molar-refractivity contribution in [1.82, 2.24) is 10.3 Å². The predicted molar refractivity (Wildman–Crippen MR) is 96.5 cm³/mol. The van der Waals surface area contributed by atoms with Crippen molar-refractivity contribution in [3.63, 3.8) is 0 Å². The summed E-state index contributed by atoms with van der Waals surface area (Å²) >= 11 is 1.40. The van der Waals surface area contributed by atoms with E-state index in [0.717, 1.165) is 17.7 Å². The van der Waals surface area contributed by atoms with Gasteiger partial charge in [-0.1, -0.05) is 6.07 Å². The lowest BCUT2D eigenvalue weighted by Gasteiger charge is -2.14. The number of rotatable bonds is 5. The highest BCUT2D eigenvalue weighted by atomic mass is 32.1. The molecule has 0 unspecified atom stereocenters. The van der Waals surface area contributed by atoms with Crippen molar-refractivity contribution >= 4 is 28.3 Å². The van der Waals surface area contributed by atoms with Crippen LogP contribution in [0.5, 0.6) is 11.5 Å². The van der Waals surface area contributed by atoms with E-state index in [1.54, 1.807) is 4.90 Å². The molecule has 3 heterocycles. The van der Waals surface area contributed by atoms with E-state index in [-0.39, 0.29) is 31.1 Å². The Morgan fingerprint density at radius 1 is 1.38 bits per heavy atom. The highest BCUT2D eigenvalue weighted by Gasteiger charge is 2.24. The average molecular weight is 373 g/mol. The lowest BCUT2D eigenvalue weighted by Crippen LogP contribution is -2.28. The Labute approximate surface area is 154 Å². The molecule has 1 atom stereocenters. The lowest BCUT2D eigenvalue weighted by molar-refractivity contribution is -0.121. The minimum atomic E-state index is -0.157. The van der Waals surface area contributed by atoms with Crippen molar-refractivity contribution < 1.29 is 19.1 Å². The van der Waals surface area contributed by atoms with E-state index in [4.69, 9.17) is 9.47 Å². The van der Waals surface area contributed by atoms with Gasteiger partial charge in [0, 0.05) is 18.3 Å². The van der Waals surface area contributed by atoms with Crippen LogP contribution in [0, 0.1) is 0 Å². The summed E-state index contributed by atoms with van der Waals surface area (Å²) in [4.78, 5) is 30.3. The van der Waals surface area contributed by atoms with Crippen molar-refractivity contribution in [3.8, 4) is 11.5 Å². The molecular formula is C18H19N3O4S.